The van der Waals surface area contributed by atoms with Crippen LogP contribution in [-0.2, 0) is 14.3 Å². The number of amides is 2. The molecular weight excluding hydrogens is 432 g/mol. The van der Waals surface area contributed by atoms with Crippen molar-refractivity contribution in [1.29, 1.82) is 0 Å². The smallest absolute Gasteiger partial charge is 0.407 e. The van der Waals surface area contributed by atoms with Gasteiger partial charge in [0.1, 0.15) is 6.61 Å². The van der Waals surface area contributed by atoms with Crippen LogP contribution in [0.2, 0.25) is 0 Å². The van der Waals surface area contributed by atoms with Crippen LogP contribution >= 0.6 is 0 Å². The summed E-state index contributed by atoms with van der Waals surface area (Å²) in [5.74, 6) is -1.67. The maximum atomic E-state index is 12.5. The average molecular weight is 465 g/mol. The van der Waals surface area contributed by atoms with Gasteiger partial charge < -0.3 is 20.5 Å². The molecule has 1 saturated carbocycles. The number of carboxylic acid groups (broad SMARTS) is 1. The second kappa shape index (κ2) is 10.7. The van der Waals surface area contributed by atoms with Crippen LogP contribution in [0.5, 0.6) is 0 Å². The summed E-state index contributed by atoms with van der Waals surface area (Å²) < 4.78 is 5.63. The highest BCUT2D eigenvalue weighted by Gasteiger charge is 2.31. The minimum Gasteiger partial charge on any atom is -0.481 e. The summed E-state index contributed by atoms with van der Waals surface area (Å²) >= 11 is 0. The van der Waals surface area contributed by atoms with Crippen molar-refractivity contribution in [1.82, 2.24) is 10.6 Å². The Labute approximate surface area is 199 Å². The first kappa shape index (κ1) is 23.8. The number of hydrogen-bond acceptors (Lipinski definition) is 4. The molecule has 0 aromatic heterocycles. The van der Waals surface area contributed by atoms with Gasteiger partial charge in [-0.3, -0.25) is 9.59 Å². The second-order valence-electron chi connectivity index (χ2n) is 9.21. The third-order valence-electron chi connectivity index (χ3n) is 7.13. The molecule has 7 nitrogen and oxygen atoms in total. The average Bonchev–Trinajstić information content (AvgIpc) is 3.17. The topological polar surface area (TPSA) is 105 Å². The standard InChI is InChI=1S/C27H32N2O5/c1-2-17(26(31)32)15-28-25(30)18-11-13-19(14-12-18)29-27(33)34-16-24-22-9-5-3-7-20(22)21-8-4-6-10-23(21)24/h3-10,17-19,24H,2,11-16H2,1H3,(H,28,30)(H,29,33)(H,31,32). The van der Waals surface area contributed by atoms with E-state index in [1.165, 1.54) is 22.3 Å². The van der Waals surface area contributed by atoms with Crippen LogP contribution in [-0.4, -0.2) is 42.3 Å². The number of carbonyl (C=O) groups excluding carboxylic acids is 2. The van der Waals surface area contributed by atoms with Gasteiger partial charge in [-0.25, -0.2) is 4.79 Å². The van der Waals surface area contributed by atoms with Crippen LogP contribution in [0.4, 0.5) is 4.79 Å². The van der Waals surface area contributed by atoms with Gasteiger partial charge in [0, 0.05) is 24.4 Å². The predicted molar refractivity (Wildman–Crippen MR) is 128 cm³/mol. The summed E-state index contributed by atoms with van der Waals surface area (Å²) in [6.45, 7) is 2.23. The summed E-state index contributed by atoms with van der Waals surface area (Å²) in [4.78, 5) is 36.0. The molecule has 0 saturated heterocycles. The van der Waals surface area contributed by atoms with Crippen molar-refractivity contribution >= 4 is 18.0 Å². The lowest BCUT2D eigenvalue weighted by atomic mass is 9.85. The second-order valence-corrected chi connectivity index (χ2v) is 9.21. The molecule has 2 aromatic rings. The number of carbonyl (C=O) groups is 3. The molecule has 0 heterocycles. The Morgan fingerprint density at radius 3 is 2.12 bits per heavy atom. The predicted octanol–water partition coefficient (Wildman–Crippen LogP) is 4.31. The lowest BCUT2D eigenvalue weighted by Gasteiger charge is -2.28. The van der Waals surface area contributed by atoms with Gasteiger partial charge in [-0.1, -0.05) is 55.5 Å². The Kier molecular flexibility index (Phi) is 7.50. The lowest BCUT2D eigenvalue weighted by Crippen LogP contribution is -2.42. The normalized spacial score (nSPS) is 20.0. The summed E-state index contributed by atoms with van der Waals surface area (Å²) in [6, 6.07) is 16.4. The fraction of sp³-hybridized carbons (Fsp3) is 0.444. The molecule has 7 heteroatoms. The first-order chi connectivity index (χ1) is 16.5. The molecule has 0 aliphatic heterocycles. The molecule has 2 aromatic carbocycles. The minimum atomic E-state index is -0.890. The first-order valence-corrected chi connectivity index (χ1v) is 12.1. The van der Waals surface area contributed by atoms with Crippen LogP contribution in [0, 0.1) is 11.8 Å². The van der Waals surface area contributed by atoms with Crippen molar-refractivity contribution < 1.29 is 24.2 Å². The van der Waals surface area contributed by atoms with E-state index in [2.05, 4.69) is 34.9 Å². The SMILES string of the molecule is CCC(CNC(=O)C1CCC(NC(=O)OCC2c3ccccc3-c3ccccc32)CC1)C(=O)O. The number of alkyl carbamates (subject to hydrolysis) is 1. The molecule has 2 aliphatic rings. The maximum Gasteiger partial charge on any atom is 0.407 e. The fourth-order valence-corrected chi connectivity index (χ4v) is 5.08. The third kappa shape index (κ3) is 5.24. The number of rotatable bonds is 8. The molecule has 1 atom stereocenters. The van der Waals surface area contributed by atoms with E-state index >= 15 is 0 Å². The highest BCUT2D eigenvalue weighted by atomic mass is 16.5. The van der Waals surface area contributed by atoms with Crippen LogP contribution in [0.3, 0.4) is 0 Å². The zero-order chi connectivity index (χ0) is 24.1. The number of aliphatic carboxylic acids is 1. The Morgan fingerprint density at radius 2 is 1.56 bits per heavy atom. The largest absolute Gasteiger partial charge is 0.481 e. The molecule has 1 unspecified atom stereocenters. The maximum absolute atomic E-state index is 12.5. The van der Waals surface area contributed by atoms with Crippen molar-refractivity contribution in [3.8, 4) is 11.1 Å². The van der Waals surface area contributed by atoms with Gasteiger partial charge >= 0.3 is 12.1 Å². The van der Waals surface area contributed by atoms with Gasteiger partial charge in [0.15, 0.2) is 0 Å². The minimum absolute atomic E-state index is 0.0235. The quantitative estimate of drug-likeness (QED) is 0.540. The number of benzene rings is 2. The van der Waals surface area contributed by atoms with Crippen molar-refractivity contribution in [2.45, 2.75) is 51.0 Å². The highest BCUT2D eigenvalue weighted by molar-refractivity contribution is 5.80. The van der Waals surface area contributed by atoms with Crippen LogP contribution in [0.1, 0.15) is 56.1 Å². The Hall–Kier alpha value is -3.35. The van der Waals surface area contributed by atoms with Gasteiger partial charge in [0.05, 0.1) is 5.92 Å². The van der Waals surface area contributed by atoms with E-state index in [0.29, 0.717) is 32.1 Å². The van der Waals surface area contributed by atoms with Gasteiger partial charge in [0.2, 0.25) is 5.91 Å². The number of carboxylic acids is 1. The fourth-order valence-electron chi connectivity index (χ4n) is 5.08. The van der Waals surface area contributed by atoms with E-state index in [4.69, 9.17) is 9.84 Å². The van der Waals surface area contributed by atoms with E-state index in [1.54, 1.807) is 6.92 Å². The van der Waals surface area contributed by atoms with E-state index in [0.717, 1.165) is 0 Å². The number of ether oxygens (including phenoxy) is 1. The Bertz CT molecular complexity index is 999. The number of fused-ring (bicyclic) bond motifs is 3. The molecule has 3 N–H and O–H groups in total. The third-order valence-corrected chi connectivity index (χ3v) is 7.13. The molecule has 4 rings (SSSR count). The van der Waals surface area contributed by atoms with E-state index in [-0.39, 0.29) is 36.9 Å². The lowest BCUT2D eigenvalue weighted by molar-refractivity contribution is -0.141. The van der Waals surface area contributed by atoms with E-state index in [1.807, 2.05) is 24.3 Å². The monoisotopic (exact) mass is 464 g/mol. The number of nitrogens with one attached hydrogen (secondary N) is 2. The molecule has 0 spiro atoms. The van der Waals surface area contributed by atoms with Crippen LogP contribution in [0.15, 0.2) is 48.5 Å². The zero-order valence-corrected chi connectivity index (χ0v) is 19.5. The van der Waals surface area contributed by atoms with Gasteiger partial charge in [-0.2, -0.15) is 0 Å². The van der Waals surface area contributed by atoms with Crippen molar-refractivity contribution in [2.75, 3.05) is 13.2 Å². The van der Waals surface area contributed by atoms with Crippen LogP contribution < -0.4 is 10.6 Å². The summed E-state index contributed by atoms with van der Waals surface area (Å²) in [7, 11) is 0. The van der Waals surface area contributed by atoms with E-state index in [9.17, 15) is 14.4 Å². The molecule has 2 amide bonds. The molecule has 2 aliphatic carbocycles. The van der Waals surface area contributed by atoms with Gasteiger partial charge in [-0.05, 0) is 54.4 Å². The number of hydrogen-bond donors (Lipinski definition) is 3. The summed E-state index contributed by atoms with van der Waals surface area (Å²) in [6.07, 6.45) is 2.75. The molecule has 0 bridgehead atoms. The summed E-state index contributed by atoms with van der Waals surface area (Å²) in [5.41, 5.74) is 4.74. The Morgan fingerprint density at radius 1 is 0.971 bits per heavy atom. The van der Waals surface area contributed by atoms with Crippen molar-refractivity contribution in [3.63, 3.8) is 0 Å². The van der Waals surface area contributed by atoms with E-state index < -0.39 is 18.0 Å². The first-order valence-electron chi connectivity index (χ1n) is 12.1. The Balaban J connectivity index is 1.23. The molecule has 180 valence electrons. The van der Waals surface area contributed by atoms with Crippen molar-refractivity contribution in [2.24, 2.45) is 11.8 Å². The van der Waals surface area contributed by atoms with Gasteiger partial charge in [-0.15, -0.1) is 0 Å². The summed E-state index contributed by atoms with van der Waals surface area (Å²) in [5, 5.41) is 14.9. The van der Waals surface area contributed by atoms with Crippen LogP contribution in [0.25, 0.3) is 11.1 Å². The zero-order valence-electron chi connectivity index (χ0n) is 19.5. The molecular formula is C27H32N2O5. The molecule has 0 radical (unpaired) electrons. The van der Waals surface area contributed by atoms with Crippen molar-refractivity contribution in [3.05, 3.63) is 59.7 Å². The van der Waals surface area contributed by atoms with Gasteiger partial charge in [0.25, 0.3) is 0 Å². The highest BCUT2D eigenvalue weighted by Crippen LogP contribution is 2.44. The molecule has 34 heavy (non-hydrogen) atoms. The molecule has 1 fully saturated rings.